The van der Waals surface area contributed by atoms with Crippen LogP contribution in [-0.4, -0.2) is 12.2 Å². The van der Waals surface area contributed by atoms with Gasteiger partial charge in [0.1, 0.15) is 0 Å². The average molecular weight is 142 g/mol. The molecule has 1 nitrogen and oxygen atoms in total. The van der Waals surface area contributed by atoms with E-state index in [1.807, 2.05) is 0 Å². The highest BCUT2D eigenvalue weighted by Crippen LogP contribution is 2.36. The zero-order valence-corrected chi connectivity index (χ0v) is 7.31. The van der Waals surface area contributed by atoms with Crippen molar-refractivity contribution in [2.45, 2.75) is 45.6 Å². The van der Waals surface area contributed by atoms with E-state index in [1.54, 1.807) is 0 Å². The van der Waals surface area contributed by atoms with E-state index >= 15 is 0 Å². The summed E-state index contributed by atoms with van der Waals surface area (Å²) in [5, 5.41) is 0. The largest absolute Gasteiger partial charge is 0.375 e. The Labute approximate surface area is 63.8 Å². The van der Waals surface area contributed by atoms with Crippen molar-refractivity contribution in [2.75, 3.05) is 6.61 Å². The van der Waals surface area contributed by atoms with Crippen LogP contribution in [0.5, 0.6) is 0 Å². The summed E-state index contributed by atoms with van der Waals surface area (Å²) in [6.45, 7) is 7.69. The maximum Gasteiger partial charge on any atom is 0.0680 e. The maximum absolute atomic E-state index is 5.69. The Kier molecular flexibility index (Phi) is 2.35. The lowest BCUT2D eigenvalue weighted by Gasteiger charge is -2.28. The van der Waals surface area contributed by atoms with Gasteiger partial charge in [0, 0.05) is 6.61 Å². The summed E-state index contributed by atoms with van der Waals surface area (Å²) in [5.41, 5.74) is 0.203. The Morgan fingerprint density at radius 2 is 2.20 bits per heavy atom. The van der Waals surface area contributed by atoms with Crippen molar-refractivity contribution < 1.29 is 4.74 Å². The lowest BCUT2D eigenvalue weighted by Crippen LogP contribution is -2.29. The van der Waals surface area contributed by atoms with Crippen molar-refractivity contribution in [3.8, 4) is 0 Å². The van der Waals surface area contributed by atoms with Gasteiger partial charge in [-0.1, -0.05) is 20.3 Å². The Morgan fingerprint density at radius 3 is 2.60 bits per heavy atom. The molecule has 60 valence electrons. The molecule has 0 aromatic carbocycles. The monoisotopic (exact) mass is 142 g/mol. The summed E-state index contributed by atoms with van der Waals surface area (Å²) in [6, 6.07) is 0. The average Bonchev–Trinajstić information content (AvgIpc) is 2.32. The lowest BCUT2D eigenvalue weighted by atomic mass is 9.85. The highest BCUT2D eigenvalue weighted by Gasteiger charge is 2.36. The fourth-order valence-electron chi connectivity index (χ4n) is 1.88. The molecule has 2 atom stereocenters. The second kappa shape index (κ2) is 2.91. The number of rotatable bonds is 2. The molecule has 0 aromatic rings. The van der Waals surface area contributed by atoms with Gasteiger partial charge in [-0.3, -0.25) is 0 Å². The molecular weight excluding hydrogens is 124 g/mol. The van der Waals surface area contributed by atoms with Gasteiger partial charge in [0.05, 0.1) is 5.60 Å². The van der Waals surface area contributed by atoms with Crippen LogP contribution in [0.4, 0.5) is 0 Å². The van der Waals surface area contributed by atoms with Crippen LogP contribution in [0, 0.1) is 5.92 Å². The van der Waals surface area contributed by atoms with Gasteiger partial charge in [-0.05, 0) is 25.7 Å². The van der Waals surface area contributed by atoms with E-state index in [4.69, 9.17) is 4.74 Å². The third-order valence-electron chi connectivity index (χ3n) is 2.96. The molecule has 1 heterocycles. The van der Waals surface area contributed by atoms with Crippen LogP contribution in [0.3, 0.4) is 0 Å². The first-order valence-electron chi connectivity index (χ1n) is 4.37. The van der Waals surface area contributed by atoms with Gasteiger partial charge in [0.2, 0.25) is 0 Å². The zero-order chi connectivity index (χ0) is 7.61. The van der Waals surface area contributed by atoms with E-state index in [-0.39, 0.29) is 5.60 Å². The third kappa shape index (κ3) is 1.20. The molecule has 0 N–H and O–H groups in total. The summed E-state index contributed by atoms with van der Waals surface area (Å²) in [4.78, 5) is 0. The third-order valence-corrected chi connectivity index (χ3v) is 2.96. The molecule has 1 rings (SSSR count). The van der Waals surface area contributed by atoms with Crippen molar-refractivity contribution in [1.29, 1.82) is 0 Å². The number of hydrogen-bond donors (Lipinski definition) is 0. The van der Waals surface area contributed by atoms with Crippen LogP contribution in [0.2, 0.25) is 0 Å². The molecule has 0 saturated carbocycles. The smallest absolute Gasteiger partial charge is 0.0680 e. The topological polar surface area (TPSA) is 9.23 Å². The fraction of sp³-hybridized carbons (Fsp3) is 1.00. The molecule has 10 heavy (non-hydrogen) atoms. The standard InChI is InChI=1S/C9H18O/c1-4-8-6-7-10-9(8,3)5-2/h8H,4-7H2,1-3H3. The van der Waals surface area contributed by atoms with E-state index in [1.165, 1.54) is 12.8 Å². The van der Waals surface area contributed by atoms with Gasteiger partial charge >= 0.3 is 0 Å². The van der Waals surface area contributed by atoms with Crippen molar-refractivity contribution in [2.24, 2.45) is 5.92 Å². The van der Waals surface area contributed by atoms with Gasteiger partial charge in [-0.15, -0.1) is 0 Å². The van der Waals surface area contributed by atoms with Crippen LogP contribution in [-0.2, 0) is 4.74 Å². The predicted octanol–water partition coefficient (Wildman–Crippen LogP) is 2.60. The summed E-state index contributed by atoms with van der Waals surface area (Å²) in [6.07, 6.45) is 3.69. The molecule has 1 aliphatic heterocycles. The molecule has 1 fully saturated rings. The Bertz CT molecular complexity index is 111. The molecule has 0 bridgehead atoms. The Balaban J connectivity index is 2.56. The zero-order valence-electron chi connectivity index (χ0n) is 7.31. The first-order chi connectivity index (χ1) is 4.73. The van der Waals surface area contributed by atoms with Crippen molar-refractivity contribution in [3.63, 3.8) is 0 Å². The maximum atomic E-state index is 5.69. The lowest BCUT2D eigenvalue weighted by molar-refractivity contribution is -0.00929. The van der Waals surface area contributed by atoms with Gasteiger partial charge in [-0.25, -0.2) is 0 Å². The van der Waals surface area contributed by atoms with E-state index in [9.17, 15) is 0 Å². The van der Waals surface area contributed by atoms with Crippen LogP contribution >= 0.6 is 0 Å². The second-order valence-corrected chi connectivity index (χ2v) is 3.41. The quantitative estimate of drug-likeness (QED) is 0.576. The molecule has 0 aliphatic carbocycles. The van der Waals surface area contributed by atoms with Crippen LogP contribution in [0.1, 0.15) is 40.0 Å². The Hall–Kier alpha value is -0.0400. The van der Waals surface area contributed by atoms with Crippen molar-refractivity contribution in [3.05, 3.63) is 0 Å². The Morgan fingerprint density at radius 1 is 1.50 bits per heavy atom. The predicted molar refractivity (Wildman–Crippen MR) is 43.0 cm³/mol. The summed E-state index contributed by atoms with van der Waals surface area (Å²) >= 11 is 0. The molecule has 0 radical (unpaired) electrons. The highest BCUT2D eigenvalue weighted by atomic mass is 16.5. The molecule has 0 aromatic heterocycles. The van der Waals surface area contributed by atoms with E-state index < -0.39 is 0 Å². The molecular formula is C9H18O. The van der Waals surface area contributed by atoms with E-state index in [2.05, 4.69) is 20.8 Å². The first kappa shape index (κ1) is 8.06. The summed E-state index contributed by atoms with van der Waals surface area (Å²) in [7, 11) is 0. The van der Waals surface area contributed by atoms with Crippen LogP contribution in [0.25, 0.3) is 0 Å². The molecule has 1 saturated heterocycles. The summed E-state index contributed by atoms with van der Waals surface area (Å²) in [5.74, 6) is 0.803. The normalized spacial score (nSPS) is 40.5. The van der Waals surface area contributed by atoms with Crippen LogP contribution < -0.4 is 0 Å². The van der Waals surface area contributed by atoms with E-state index in [0.29, 0.717) is 0 Å². The highest BCUT2D eigenvalue weighted by molar-refractivity contribution is 4.86. The minimum atomic E-state index is 0.203. The fourth-order valence-corrected chi connectivity index (χ4v) is 1.88. The molecule has 1 heteroatoms. The van der Waals surface area contributed by atoms with Gasteiger partial charge in [-0.2, -0.15) is 0 Å². The van der Waals surface area contributed by atoms with Crippen LogP contribution in [0.15, 0.2) is 0 Å². The number of hydrogen-bond acceptors (Lipinski definition) is 1. The molecule has 0 amide bonds. The summed E-state index contributed by atoms with van der Waals surface area (Å²) < 4.78 is 5.69. The van der Waals surface area contributed by atoms with Crippen molar-refractivity contribution >= 4 is 0 Å². The van der Waals surface area contributed by atoms with Gasteiger partial charge < -0.3 is 4.74 Å². The first-order valence-corrected chi connectivity index (χ1v) is 4.37. The minimum absolute atomic E-state index is 0.203. The van der Waals surface area contributed by atoms with E-state index in [0.717, 1.165) is 18.9 Å². The second-order valence-electron chi connectivity index (χ2n) is 3.41. The minimum Gasteiger partial charge on any atom is -0.375 e. The molecule has 1 aliphatic rings. The van der Waals surface area contributed by atoms with Crippen molar-refractivity contribution in [1.82, 2.24) is 0 Å². The van der Waals surface area contributed by atoms with Gasteiger partial charge in [0.25, 0.3) is 0 Å². The number of ether oxygens (including phenoxy) is 1. The van der Waals surface area contributed by atoms with Gasteiger partial charge in [0.15, 0.2) is 0 Å². The molecule has 0 spiro atoms. The SMILES string of the molecule is CCC1CCOC1(C)CC. The molecule has 2 unspecified atom stereocenters.